The number of rotatable bonds is 2. The Morgan fingerprint density at radius 2 is 2.27 bits per heavy atom. The largest absolute Gasteiger partial charge is 0.324 e. The minimum atomic E-state index is 0.825. The molecule has 0 atom stereocenters. The second-order valence-electron chi connectivity index (χ2n) is 2.04. The average molecular weight is 327 g/mol. The monoisotopic (exact) mass is 326 g/mol. The van der Waals surface area contributed by atoms with Gasteiger partial charge in [0.15, 0.2) is 0 Å². The fourth-order valence-corrected chi connectivity index (χ4v) is 2.65. The van der Waals surface area contributed by atoms with Crippen LogP contribution in [-0.4, -0.2) is 0 Å². The molecule has 0 aliphatic rings. The van der Waals surface area contributed by atoms with Gasteiger partial charge in [-0.05, 0) is 34.7 Å². The molecule has 0 saturated carbocycles. The molecule has 0 fully saturated rings. The standard InChI is InChI=1S/C7H8BrIN2/c8-4-5-6(9)2-1-3-7(5)11-10/h1-3,11H,4,10H2. The summed E-state index contributed by atoms with van der Waals surface area (Å²) in [4.78, 5) is 0. The molecule has 3 N–H and O–H groups in total. The highest BCUT2D eigenvalue weighted by Gasteiger charge is 2.02. The third-order valence-electron chi connectivity index (χ3n) is 1.41. The molecular weight excluding hydrogens is 319 g/mol. The zero-order valence-corrected chi connectivity index (χ0v) is 9.52. The zero-order chi connectivity index (χ0) is 8.27. The highest BCUT2D eigenvalue weighted by Crippen LogP contribution is 2.22. The predicted octanol–water partition coefficient (Wildman–Crippen LogP) is 2.47. The van der Waals surface area contributed by atoms with Crippen molar-refractivity contribution in [2.75, 3.05) is 5.43 Å². The first kappa shape index (κ1) is 9.28. The van der Waals surface area contributed by atoms with Crippen LogP contribution in [0, 0.1) is 3.57 Å². The molecule has 0 spiro atoms. The molecule has 0 aliphatic carbocycles. The summed E-state index contributed by atoms with van der Waals surface area (Å²) in [5, 5.41) is 0.825. The van der Waals surface area contributed by atoms with E-state index < -0.39 is 0 Å². The number of alkyl halides is 1. The van der Waals surface area contributed by atoms with Crippen molar-refractivity contribution in [2.45, 2.75) is 5.33 Å². The van der Waals surface area contributed by atoms with E-state index in [2.05, 4.69) is 50.0 Å². The average Bonchev–Trinajstić information content (AvgIpc) is 2.04. The summed E-state index contributed by atoms with van der Waals surface area (Å²) in [5.41, 5.74) is 4.84. The molecule has 4 heteroatoms. The molecule has 0 aromatic heterocycles. The van der Waals surface area contributed by atoms with Crippen molar-refractivity contribution >= 4 is 44.2 Å². The Hall–Kier alpha value is 0.190. The Morgan fingerprint density at radius 1 is 1.55 bits per heavy atom. The van der Waals surface area contributed by atoms with E-state index in [1.165, 1.54) is 9.13 Å². The molecule has 0 radical (unpaired) electrons. The van der Waals surface area contributed by atoms with Crippen LogP contribution in [0.4, 0.5) is 5.69 Å². The molecule has 0 aliphatic heterocycles. The Kier molecular flexibility index (Phi) is 3.61. The van der Waals surface area contributed by atoms with Gasteiger partial charge in [0.05, 0.1) is 5.69 Å². The van der Waals surface area contributed by atoms with Crippen molar-refractivity contribution in [1.82, 2.24) is 0 Å². The fraction of sp³-hybridized carbons (Fsp3) is 0.143. The third-order valence-corrected chi connectivity index (χ3v) is 2.98. The number of nitrogens with two attached hydrogens (primary N) is 1. The van der Waals surface area contributed by atoms with E-state index in [-0.39, 0.29) is 0 Å². The van der Waals surface area contributed by atoms with Gasteiger partial charge in [0.2, 0.25) is 0 Å². The minimum absolute atomic E-state index is 0.825. The van der Waals surface area contributed by atoms with E-state index in [1.54, 1.807) is 0 Å². The molecule has 1 aromatic carbocycles. The van der Waals surface area contributed by atoms with Gasteiger partial charge in [-0.1, -0.05) is 22.0 Å². The summed E-state index contributed by atoms with van der Waals surface area (Å²) in [6.07, 6.45) is 0. The Labute approximate surface area is 87.8 Å². The molecule has 0 amide bonds. The lowest BCUT2D eigenvalue weighted by Gasteiger charge is -2.07. The van der Waals surface area contributed by atoms with Crippen LogP contribution < -0.4 is 11.3 Å². The zero-order valence-electron chi connectivity index (χ0n) is 5.77. The van der Waals surface area contributed by atoms with Crippen molar-refractivity contribution in [3.63, 3.8) is 0 Å². The number of hydrogen-bond acceptors (Lipinski definition) is 2. The van der Waals surface area contributed by atoms with E-state index >= 15 is 0 Å². The first-order valence-electron chi connectivity index (χ1n) is 3.09. The summed E-state index contributed by atoms with van der Waals surface area (Å²) in [6.45, 7) is 0. The molecule has 0 bridgehead atoms. The SMILES string of the molecule is NNc1cccc(I)c1CBr. The molecule has 0 heterocycles. The van der Waals surface area contributed by atoms with Gasteiger partial charge in [0.1, 0.15) is 0 Å². The number of anilines is 1. The van der Waals surface area contributed by atoms with Gasteiger partial charge in [-0.2, -0.15) is 0 Å². The molecule has 0 saturated heterocycles. The van der Waals surface area contributed by atoms with Crippen LogP contribution in [0.15, 0.2) is 18.2 Å². The molecule has 1 aromatic rings. The van der Waals surface area contributed by atoms with Gasteiger partial charge in [-0.3, -0.25) is 5.84 Å². The summed E-state index contributed by atoms with van der Waals surface area (Å²) in [6, 6.07) is 5.99. The topological polar surface area (TPSA) is 38.0 Å². The highest BCUT2D eigenvalue weighted by atomic mass is 127. The molecular formula is C7H8BrIN2. The van der Waals surface area contributed by atoms with Crippen molar-refractivity contribution in [2.24, 2.45) is 5.84 Å². The second-order valence-corrected chi connectivity index (χ2v) is 3.77. The molecule has 60 valence electrons. The Morgan fingerprint density at radius 3 is 2.73 bits per heavy atom. The van der Waals surface area contributed by atoms with Gasteiger partial charge in [-0.15, -0.1) is 0 Å². The van der Waals surface area contributed by atoms with Gasteiger partial charge in [-0.25, -0.2) is 0 Å². The Bertz CT molecular complexity index is 252. The summed E-state index contributed by atoms with van der Waals surface area (Å²) >= 11 is 5.68. The highest BCUT2D eigenvalue weighted by molar-refractivity contribution is 14.1. The van der Waals surface area contributed by atoms with Crippen LogP contribution in [0.3, 0.4) is 0 Å². The lowest BCUT2D eigenvalue weighted by Crippen LogP contribution is -2.09. The lowest BCUT2D eigenvalue weighted by atomic mass is 10.2. The van der Waals surface area contributed by atoms with Crippen molar-refractivity contribution in [1.29, 1.82) is 0 Å². The van der Waals surface area contributed by atoms with Crippen LogP contribution in [0.1, 0.15) is 5.56 Å². The van der Waals surface area contributed by atoms with Crippen LogP contribution >= 0.6 is 38.5 Å². The van der Waals surface area contributed by atoms with E-state index in [4.69, 9.17) is 5.84 Å². The second kappa shape index (κ2) is 4.27. The van der Waals surface area contributed by atoms with Gasteiger partial charge < -0.3 is 5.43 Å². The number of benzene rings is 1. The van der Waals surface area contributed by atoms with Crippen LogP contribution in [0.25, 0.3) is 0 Å². The number of nitrogens with one attached hydrogen (secondary N) is 1. The van der Waals surface area contributed by atoms with E-state index in [0.29, 0.717) is 0 Å². The molecule has 1 rings (SSSR count). The minimum Gasteiger partial charge on any atom is -0.324 e. The summed E-state index contributed by atoms with van der Waals surface area (Å²) in [7, 11) is 0. The van der Waals surface area contributed by atoms with Crippen molar-refractivity contribution in [3.05, 3.63) is 27.3 Å². The molecule has 11 heavy (non-hydrogen) atoms. The normalized spacial score (nSPS) is 9.73. The maximum atomic E-state index is 5.32. The van der Waals surface area contributed by atoms with Crippen LogP contribution in [-0.2, 0) is 5.33 Å². The quantitative estimate of drug-likeness (QED) is 0.379. The smallest absolute Gasteiger partial charge is 0.0536 e. The van der Waals surface area contributed by atoms with Crippen LogP contribution in [0.2, 0.25) is 0 Å². The van der Waals surface area contributed by atoms with Crippen molar-refractivity contribution < 1.29 is 0 Å². The number of halogens is 2. The van der Waals surface area contributed by atoms with Gasteiger partial charge >= 0.3 is 0 Å². The number of hydrogen-bond donors (Lipinski definition) is 2. The summed E-state index contributed by atoms with van der Waals surface area (Å²) < 4.78 is 1.22. The van der Waals surface area contributed by atoms with E-state index in [9.17, 15) is 0 Å². The van der Waals surface area contributed by atoms with Gasteiger partial charge in [0.25, 0.3) is 0 Å². The third kappa shape index (κ3) is 2.07. The van der Waals surface area contributed by atoms with E-state index in [0.717, 1.165) is 11.0 Å². The predicted molar refractivity (Wildman–Crippen MR) is 59.6 cm³/mol. The maximum Gasteiger partial charge on any atom is 0.0536 e. The fourth-order valence-electron chi connectivity index (χ4n) is 0.830. The molecule has 2 nitrogen and oxygen atoms in total. The summed E-state index contributed by atoms with van der Waals surface area (Å²) in [5.74, 6) is 5.32. The first-order valence-corrected chi connectivity index (χ1v) is 5.29. The van der Waals surface area contributed by atoms with Gasteiger partial charge in [0, 0.05) is 14.5 Å². The van der Waals surface area contributed by atoms with E-state index in [1.807, 2.05) is 12.1 Å². The Balaban J connectivity index is 3.13. The van der Waals surface area contributed by atoms with Crippen LogP contribution in [0.5, 0.6) is 0 Å². The maximum absolute atomic E-state index is 5.32. The number of nitrogen functional groups attached to an aromatic ring is 1. The first-order chi connectivity index (χ1) is 5.29. The molecule has 0 unspecified atom stereocenters. The van der Waals surface area contributed by atoms with Crippen molar-refractivity contribution in [3.8, 4) is 0 Å². The lowest BCUT2D eigenvalue weighted by molar-refractivity contribution is 1.29. The number of hydrazine groups is 1.